The van der Waals surface area contributed by atoms with Gasteiger partial charge in [0.25, 0.3) is 5.56 Å². The average Bonchev–Trinajstić information content (AvgIpc) is 2.97. The van der Waals surface area contributed by atoms with Crippen LogP contribution in [0, 0.1) is 0 Å². The van der Waals surface area contributed by atoms with Gasteiger partial charge in [-0.25, -0.2) is 4.68 Å². The number of para-hydroxylation sites is 1. The van der Waals surface area contributed by atoms with E-state index in [9.17, 15) is 9.59 Å². The van der Waals surface area contributed by atoms with Gasteiger partial charge in [-0.05, 0) is 24.3 Å². The van der Waals surface area contributed by atoms with Gasteiger partial charge in [-0.3, -0.25) is 9.59 Å². The molecule has 4 rings (SSSR count). The van der Waals surface area contributed by atoms with Crippen LogP contribution in [-0.4, -0.2) is 20.7 Å². The molecule has 25 heavy (non-hydrogen) atoms. The minimum Gasteiger partial charge on any atom is -0.350 e. The Morgan fingerprint density at radius 3 is 2.84 bits per heavy atom. The topological polar surface area (TPSA) is 79.8 Å². The molecule has 0 saturated heterocycles. The van der Waals surface area contributed by atoms with Gasteiger partial charge in [0, 0.05) is 27.0 Å². The summed E-state index contributed by atoms with van der Waals surface area (Å²) in [6.45, 7) is -0.184. The average molecular weight is 353 g/mol. The number of H-pyrrole nitrogens is 1. The van der Waals surface area contributed by atoms with Crippen LogP contribution in [0.1, 0.15) is 0 Å². The monoisotopic (exact) mass is 352 g/mol. The minimum atomic E-state index is -0.354. The van der Waals surface area contributed by atoms with E-state index in [2.05, 4.69) is 15.4 Å². The molecule has 0 radical (unpaired) electrons. The molecule has 2 heterocycles. The molecular weight excluding hydrogens is 340 g/mol. The molecule has 2 N–H and O–H groups in total. The van der Waals surface area contributed by atoms with Crippen LogP contribution in [0.2, 0.25) is 5.02 Å². The second kappa shape index (κ2) is 6.07. The van der Waals surface area contributed by atoms with E-state index in [0.29, 0.717) is 16.2 Å². The van der Waals surface area contributed by atoms with E-state index in [1.165, 1.54) is 0 Å². The van der Waals surface area contributed by atoms with E-state index >= 15 is 0 Å². The Morgan fingerprint density at radius 2 is 2.00 bits per heavy atom. The van der Waals surface area contributed by atoms with E-state index < -0.39 is 0 Å². The van der Waals surface area contributed by atoms with Crippen LogP contribution < -0.4 is 10.9 Å². The fourth-order valence-electron chi connectivity index (χ4n) is 2.79. The van der Waals surface area contributed by atoms with Crippen LogP contribution >= 0.6 is 11.6 Å². The summed E-state index contributed by atoms with van der Waals surface area (Å²) in [6.07, 6.45) is 1.60. The van der Waals surface area contributed by atoms with Crippen LogP contribution in [0.15, 0.2) is 59.5 Å². The molecule has 124 valence electrons. The highest BCUT2D eigenvalue weighted by molar-refractivity contribution is 6.30. The molecule has 1 amide bonds. The van der Waals surface area contributed by atoms with Crippen molar-refractivity contribution in [3.05, 3.63) is 70.1 Å². The zero-order chi connectivity index (χ0) is 17.4. The number of nitrogens with zero attached hydrogens (tertiary/aromatic N) is 2. The van der Waals surface area contributed by atoms with Crippen molar-refractivity contribution in [1.29, 1.82) is 0 Å². The number of anilines is 1. The van der Waals surface area contributed by atoms with Gasteiger partial charge in [0.2, 0.25) is 5.91 Å². The molecule has 7 heteroatoms. The predicted molar refractivity (Wildman–Crippen MR) is 97.9 cm³/mol. The van der Waals surface area contributed by atoms with Crippen LogP contribution in [0.25, 0.3) is 21.8 Å². The zero-order valence-electron chi connectivity index (χ0n) is 13.0. The summed E-state index contributed by atoms with van der Waals surface area (Å²) in [5.74, 6) is -0.354. The van der Waals surface area contributed by atoms with Crippen molar-refractivity contribution < 1.29 is 4.79 Å². The Hall–Kier alpha value is -3.12. The number of carbonyl (C=O) groups excluding carboxylic acids is 1. The maximum Gasteiger partial charge on any atom is 0.291 e. The highest BCUT2D eigenvalue weighted by Gasteiger charge is 2.12. The first-order valence-corrected chi connectivity index (χ1v) is 8.01. The molecule has 0 aliphatic carbocycles. The molecule has 6 nitrogen and oxygen atoms in total. The van der Waals surface area contributed by atoms with Crippen LogP contribution in [0.3, 0.4) is 0 Å². The summed E-state index contributed by atoms with van der Waals surface area (Å²) in [5, 5.41) is 9.02. The SMILES string of the molecule is O=C(Cn1ncc2c([nH]c3ccccc32)c1=O)Nc1cccc(Cl)c1. The predicted octanol–water partition coefficient (Wildman–Crippen LogP) is 3.17. The third kappa shape index (κ3) is 2.88. The Balaban J connectivity index is 1.65. The molecule has 2 aromatic carbocycles. The molecular formula is C18H13ClN4O2. The van der Waals surface area contributed by atoms with Gasteiger partial charge in [0.1, 0.15) is 12.1 Å². The molecule has 2 aromatic heterocycles. The first kappa shape index (κ1) is 15.4. The smallest absolute Gasteiger partial charge is 0.291 e. The van der Waals surface area contributed by atoms with Crippen LogP contribution in [-0.2, 0) is 11.3 Å². The normalized spacial score (nSPS) is 11.1. The number of aromatic nitrogens is 3. The summed E-state index contributed by atoms with van der Waals surface area (Å²) >= 11 is 5.89. The fourth-order valence-corrected chi connectivity index (χ4v) is 2.98. The third-order valence-electron chi connectivity index (χ3n) is 3.92. The number of carbonyl (C=O) groups is 1. The molecule has 0 unspecified atom stereocenters. The van der Waals surface area contributed by atoms with Crippen LogP contribution in [0.4, 0.5) is 5.69 Å². The number of hydrogen-bond donors (Lipinski definition) is 2. The van der Waals surface area contributed by atoms with E-state index in [1.807, 2.05) is 24.3 Å². The summed E-state index contributed by atoms with van der Waals surface area (Å²) in [5.41, 5.74) is 1.52. The Labute approximate surface area is 147 Å². The summed E-state index contributed by atoms with van der Waals surface area (Å²) in [4.78, 5) is 27.9. The van der Waals surface area contributed by atoms with Crippen LogP contribution in [0.5, 0.6) is 0 Å². The lowest BCUT2D eigenvalue weighted by molar-refractivity contribution is -0.117. The second-order valence-corrected chi connectivity index (χ2v) is 6.06. The van der Waals surface area contributed by atoms with Gasteiger partial charge in [-0.15, -0.1) is 0 Å². The highest BCUT2D eigenvalue weighted by atomic mass is 35.5. The molecule has 0 spiro atoms. The number of hydrogen-bond acceptors (Lipinski definition) is 3. The van der Waals surface area contributed by atoms with Gasteiger partial charge in [0.05, 0.1) is 6.20 Å². The number of nitrogens with one attached hydrogen (secondary N) is 2. The second-order valence-electron chi connectivity index (χ2n) is 5.63. The van der Waals surface area contributed by atoms with Crippen molar-refractivity contribution in [2.75, 3.05) is 5.32 Å². The quantitative estimate of drug-likeness (QED) is 0.594. The number of benzene rings is 2. The Morgan fingerprint density at radius 1 is 1.16 bits per heavy atom. The van der Waals surface area contributed by atoms with Gasteiger partial charge < -0.3 is 10.3 Å². The summed E-state index contributed by atoms with van der Waals surface area (Å²) in [6, 6.07) is 14.4. The van der Waals surface area contributed by atoms with E-state index in [0.717, 1.165) is 21.0 Å². The number of amides is 1. The Kier molecular flexibility index (Phi) is 3.74. The molecule has 0 atom stereocenters. The maximum atomic E-state index is 12.6. The standard InChI is InChI=1S/C18H13ClN4O2/c19-11-4-3-5-12(8-11)21-16(24)10-23-18(25)17-14(9-20-23)13-6-1-2-7-15(13)22-17/h1-9,22H,10H2,(H,21,24). The summed E-state index contributed by atoms with van der Waals surface area (Å²) in [7, 11) is 0. The van der Waals surface area contributed by atoms with E-state index in [1.54, 1.807) is 30.5 Å². The maximum absolute atomic E-state index is 12.6. The largest absolute Gasteiger partial charge is 0.350 e. The third-order valence-corrected chi connectivity index (χ3v) is 4.16. The molecule has 0 aliphatic rings. The van der Waals surface area contributed by atoms with Crippen molar-refractivity contribution in [3.8, 4) is 0 Å². The van der Waals surface area contributed by atoms with Gasteiger partial charge in [-0.1, -0.05) is 35.9 Å². The highest BCUT2D eigenvalue weighted by Crippen LogP contribution is 2.21. The van der Waals surface area contributed by atoms with E-state index in [4.69, 9.17) is 11.6 Å². The first-order chi connectivity index (χ1) is 12.1. The molecule has 0 aliphatic heterocycles. The van der Waals surface area contributed by atoms with Gasteiger partial charge in [-0.2, -0.15) is 5.10 Å². The van der Waals surface area contributed by atoms with Crippen molar-refractivity contribution in [1.82, 2.24) is 14.8 Å². The Bertz CT molecular complexity index is 1160. The number of fused-ring (bicyclic) bond motifs is 3. The fraction of sp³-hybridized carbons (Fsp3) is 0.0556. The van der Waals surface area contributed by atoms with Crippen molar-refractivity contribution in [2.45, 2.75) is 6.54 Å². The molecule has 0 saturated carbocycles. The lowest BCUT2D eigenvalue weighted by Crippen LogP contribution is -2.29. The van der Waals surface area contributed by atoms with E-state index in [-0.39, 0.29) is 18.0 Å². The summed E-state index contributed by atoms with van der Waals surface area (Å²) < 4.78 is 1.14. The zero-order valence-corrected chi connectivity index (χ0v) is 13.7. The number of halogens is 1. The van der Waals surface area contributed by atoms with Gasteiger partial charge in [0.15, 0.2) is 0 Å². The van der Waals surface area contributed by atoms with Crippen molar-refractivity contribution >= 4 is 45.0 Å². The number of rotatable bonds is 3. The minimum absolute atomic E-state index is 0.184. The lowest BCUT2D eigenvalue weighted by Gasteiger charge is -2.07. The molecule has 0 bridgehead atoms. The van der Waals surface area contributed by atoms with Crippen molar-refractivity contribution in [2.24, 2.45) is 0 Å². The first-order valence-electron chi connectivity index (χ1n) is 7.64. The lowest BCUT2D eigenvalue weighted by atomic mass is 10.2. The van der Waals surface area contributed by atoms with Crippen molar-refractivity contribution in [3.63, 3.8) is 0 Å². The molecule has 0 fully saturated rings. The van der Waals surface area contributed by atoms with Gasteiger partial charge >= 0.3 is 0 Å². The number of aromatic amines is 1. The molecule has 4 aromatic rings.